The Morgan fingerprint density at radius 2 is 1.84 bits per heavy atom. The van der Waals surface area contributed by atoms with E-state index in [2.05, 4.69) is 0 Å². The molecular formula is C16H23FO2. The van der Waals surface area contributed by atoms with Crippen LogP contribution in [0, 0.1) is 5.82 Å². The lowest BCUT2D eigenvalue weighted by atomic mass is 9.84. The molecule has 2 rings (SSSR count). The van der Waals surface area contributed by atoms with Crippen molar-refractivity contribution in [2.24, 2.45) is 0 Å². The number of hydrogen-bond acceptors (Lipinski definition) is 2. The third-order valence-corrected chi connectivity index (χ3v) is 4.08. The Morgan fingerprint density at radius 1 is 1.21 bits per heavy atom. The Morgan fingerprint density at radius 3 is 2.42 bits per heavy atom. The average molecular weight is 266 g/mol. The van der Waals surface area contributed by atoms with Gasteiger partial charge in [0.1, 0.15) is 11.9 Å². The van der Waals surface area contributed by atoms with Gasteiger partial charge in [0.15, 0.2) is 0 Å². The maximum absolute atomic E-state index is 13.9. The third kappa shape index (κ3) is 3.15. The van der Waals surface area contributed by atoms with E-state index in [1.807, 2.05) is 6.92 Å². The van der Waals surface area contributed by atoms with E-state index in [4.69, 9.17) is 4.74 Å². The number of halogens is 1. The Labute approximate surface area is 114 Å². The van der Waals surface area contributed by atoms with Gasteiger partial charge in [0, 0.05) is 12.2 Å². The lowest BCUT2D eigenvalue weighted by Gasteiger charge is -2.37. The minimum absolute atomic E-state index is 0.349. The second kappa shape index (κ2) is 6.49. The summed E-state index contributed by atoms with van der Waals surface area (Å²) in [7, 11) is 0. The standard InChI is InChI=1S/C16H23FO2/c1-2-19-16(11-7-3-4-8-12-16)15(18)13-9-5-6-10-14(13)17/h5-6,9-10,15,18H,2-4,7-8,11-12H2,1H3. The average Bonchev–Trinajstić information content (AvgIpc) is 2.66. The van der Waals surface area contributed by atoms with Crippen LogP contribution in [0.1, 0.15) is 57.1 Å². The fourth-order valence-corrected chi connectivity index (χ4v) is 3.09. The predicted octanol–water partition coefficient (Wildman–Crippen LogP) is 3.99. The molecule has 1 aliphatic rings. The van der Waals surface area contributed by atoms with Crippen molar-refractivity contribution >= 4 is 0 Å². The van der Waals surface area contributed by atoms with Gasteiger partial charge in [0.05, 0.1) is 5.60 Å². The smallest absolute Gasteiger partial charge is 0.129 e. The summed E-state index contributed by atoms with van der Waals surface area (Å²) in [6.07, 6.45) is 5.12. The van der Waals surface area contributed by atoms with Gasteiger partial charge in [-0.25, -0.2) is 4.39 Å². The first-order valence-electron chi connectivity index (χ1n) is 7.26. The number of aliphatic hydroxyl groups is 1. The third-order valence-electron chi connectivity index (χ3n) is 4.08. The van der Waals surface area contributed by atoms with Gasteiger partial charge < -0.3 is 9.84 Å². The van der Waals surface area contributed by atoms with Gasteiger partial charge >= 0.3 is 0 Å². The first-order valence-corrected chi connectivity index (χ1v) is 7.26. The number of hydrogen-bond donors (Lipinski definition) is 1. The number of benzene rings is 1. The molecule has 1 saturated carbocycles. The molecule has 0 saturated heterocycles. The van der Waals surface area contributed by atoms with Crippen molar-refractivity contribution in [3.8, 4) is 0 Å². The fraction of sp³-hybridized carbons (Fsp3) is 0.625. The van der Waals surface area contributed by atoms with Crippen LogP contribution in [0.3, 0.4) is 0 Å². The summed E-state index contributed by atoms with van der Waals surface area (Å²) in [4.78, 5) is 0. The topological polar surface area (TPSA) is 29.5 Å². The van der Waals surface area contributed by atoms with Gasteiger partial charge in [-0.05, 0) is 25.8 Å². The van der Waals surface area contributed by atoms with E-state index >= 15 is 0 Å². The van der Waals surface area contributed by atoms with Crippen LogP contribution in [-0.4, -0.2) is 17.3 Å². The second-order valence-electron chi connectivity index (χ2n) is 5.34. The molecule has 1 atom stereocenters. The quantitative estimate of drug-likeness (QED) is 0.835. The van der Waals surface area contributed by atoms with E-state index in [1.54, 1.807) is 18.2 Å². The monoisotopic (exact) mass is 266 g/mol. The van der Waals surface area contributed by atoms with Gasteiger partial charge in [-0.2, -0.15) is 0 Å². The Balaban J connectivity index is 2.29. The van der Waals surface area contributed by atoms with Crippen molar-refractivity contribution in [2.45, 2.75) is 57.2 Å². The number of aliphatic hydroxyl groups excluding tert-OH is 1. The van der Waals surface area contributed by atoms with E-state index in [0.29, 0.717) is 12.2 Å². The van der Waals surface area contributed by atoms with Crippen molar-refractivity contribution in [1.82, 2.24) is 0 Å². The van der Waals surface area contributed by atoms with Crippen LogP contribution < -0.4 is 0 Å². The summed E-state index contributed by atoms with van der Waals surface area (Å²) in [6, 6.07) is 6.46. The van der Waals surface area contributed by atoms with Crippen molar-refractivity contribution < 1.29 is 14.2 Å². The molecule has 2 nitrogen and oxygen atoms in total. The highest BCUT2D eigenvalue weighted by Crippen LogP contribution is 2.41. The molecule has 0 heterocycles. The van der Waals surface area contributed by atoms with Gasteiger partial charge in [-0.1, -0.05) is 43.9 Å². The maximum Gasteiger partial charge on any atom is 0.129 e. The second-order valence-corrected chi connectivity index (χ2v) is 5.34. The fourth-order valence-electron chi connectivity index (χ4n) is 3.09. The molecular weight excluding hydrogens is 243 g/mol. The van der Waals surface area contributed by atoms with Crippen LogP contribution in [0.2, 0.25) is 0 Å². The lowest BCUT2D eigenvalue weighted by molar-refractivity contribution is -0.132. The van der Waals surface area contributed by atoms with Gasteiger partial charge in [0.25, 0.3) is 0 Å². The molecule has 1 aromatic carbocycles. The molecule has 3 heteroatoms. The van der Waals surface area contributed by atoms with Crippen LogP contribution in [0.5, 0.6) is 0 Å². The predicted molar refractivity (Wildman–Crippen MR) is 73.4 cm³/mol. The van der Waals surface area contributed by atoms with E-state index in [9.17, 15) is 9.50 Å². The molecule has 0 aromatic heterocycles. The zero-order valence-corrected chi connectivity index (χ0v) is 11.6. The molecule has 1 aliphatic carbocycles. The Kier molecular flexibility index (Phi) is 4.94. The van der Waals surface area contributed by atoms with Crippen molar-refractivity contribution in [1.29, 1.82) is 0 Å². The minimum Gasteiger partial charge on any atom is -0.385 e. The molecule has 0 amide bonds. The zero-order chi connectivity index (χ0) is 13.7. The Hall–Kier alpha value is -0.930. The summed E-state index contributed by atoms with van der Waals surface area (Å²) in [6.45, 7) is 2.48. The highest BCUT2D eigenvalue weighted by molar-refractivity contribution is 5.22. The summed E-state index contributed by atoms with van der Waals surface area (Å²) in [5.41, 5.74) is -0.258. The molecule has 19 heavy (non-hydrogen) atoms. The van der Waals surface area contributed by atoms with Gasteiger partial charge in [0.2, 0.25) is 0 Å². The Bertz CT molecular complexity index is 397. The number of ether oxygens (including phenoxy) is 1. The molecule has 1 N–H and O–H groups in total. The van der Waals surface area contributed by atoms with Crippen LogP contribution in [0.15, 0.2) is 24.3 Å². The van der Waals surface area contributed by atoms with Crippen LogP contribution in [0.4, 0.5) is 4.39 Å². The largest absolute Gasteiger partial charge is 0.385 e. The molecule has 1 fully saturated rings. The van der Waals surface area contributed by atoms with Crippen molar-refractivity contribution in [3.05, 3.63) is 35.6 Å². The summed E-state index contributed by atoms with van der Waals surface area (Å²) in [5.74, 6) is -0.349. The summed E-state index contributed by atoms with van der Waals surface area (Å²) in [5, 5.41) is 10.7. The van der Waals surface area contributed by atoms with E-state index in [0.717, 1.165) is 25.7 Å². The van der Waals surface area contributed by atoms with Crippen LogP contribution in [-0.2, 0) is 4.74 Å². The normalized spacial score (nSPS) is 20.8. The molecule has 1 aromatic rings. The van der Waals surface area contributed by atoms with Crippen LogP contribution >= 0.6 is 0 Å². The molecule has 106 valence electrons. The first kappa shape index (κ1) is 14.5. The van der Waals surface area contributed by atoms with Crippen molar-refractivity contribution in [3.63, 3.8) is 0 Å². The number of rotatable bonds is 4. The zero-order valence-electron chi connectivity index (χ0n) is 11.6. The molecule has 0 radical (unpaired) electrons. The van der Waals surface area contributed by atoms with Crippen LogP contribution in [0.25, 0.3) is 0 Å². The first-order chi connectivity index (χ1) is 9.19. The van der Waals surface area contributed by atoms with E-state index < -0.39 is 11.7 Å². The van der Waals surface area contributed by atoms with E-state index in [1.165, 1.54) is 18.9 Å². The highest BCUT2D eigenvalue weighted by atomic mass is 19.1. The summed E-state index contributed by atoms with van der Waals surface area (Å²) < 4.78 is 19.8. The highest BCUT2D eigenvalue weighted by Gasteiger charge is 2.40. The van der Waals surface area contributed by atoms with Crippen molar-refractivity contribution in [2.75, 3.05) is 6.61 Å². The van der Waals surface area contributed by atoms with E-state index in [-0.39, 0.29) is 5.82 Å². The SMILES string of the molecule is CCOC1(C(O)c2ccccc2F)CCCCCC1. The molecule has 0 spiro atoms. The lowest BCUT2D eigenvalue weighted by Crippen LogP contribution is -2.39. The maximum atomic E-state index is 13.9. The summed E-state index contributed by atoms with van der Waals surface area (Å²) >= 11 is 0. The van der Waals surface area contributed by atoms with Gasteiger partial charge in [-0.3, -0.25) is 0 Å². The van der Waals surface area contributed by atoms with Gasteiger partial charge in [-0.15, -0.1) is 0 Å². The molecule has 1 unspecified atom stereocenters. The molecule has 0 bridgehead atoms. The minimum atomic E-state index is -0.883. The molecule has 0 aliphatic heterocycles.